The Hall–Kier alpha value is -2.37. The summed E-state index contributed by atoms with van der Waals surface area (Å²) in [6.07, 6.45) is 1.34. The number of para-hydroxylation sites is 2. The number of furan rings is 1. The molecule has 0 fully saturated rings. The second-order valence-corrected chi connectivity index (χ2v) is 3.31. The van der Waals surface area contributed by atoms with Gasteiger partial charge in [-0.3, -0.25) is 4.79 Å². The number of hydrogen-bond donors (Lipinski definition) is 1. The number of ether oxygens (including phenoxy) is 1. The van der Waals surface area contributed by atoms with Crippen LogP contribution >= 0.6 is 0 Å². The Morgan fingerprint density at radius 2 is 2.00 bits per heavy atom. The van der Waals surface area contributed by atoms with Crippen molar-refractivity contribution in [1.82, 2.24) is 0 Å². The van der Waals surface area contributed by atoms with E-state index in [9.17, 15) is 13.6 Å². The van der Waals surface area contributed by atoms with Gasteiger partial charge in [-0.1, -0.05) is 12.1 Å². The highest BCUT2D eigenvalue weighted by Gasteiger charge is 2.13. The number of hydrogen-bond acceptors (Lipinski definition) is 3. The molecule has 2 rings (SSSR count). The third-order valence-electron chi connectivity index (χ3n) is 2.10. The molecule has 94 valence electrons. The van der Waals surface area contributed by atoms with Crippen LogP contribution in [0.1, 0.15) is 10.6 Å². The average Bonchev–Trinajstić information content (AvgIpc) is 2.84. The number of nitrogens with one attached hydrogen (secondary N) is 1. The highest BCUT2D eigenvalue weighted by atomic mass is 19.3. The molecule has 6 heteroatoms. The summed E-state index contributed by atoms with van der Waals surface area (Å²) in [7, 11) is 0. The summed E-state index contributed by atoms with van der Waals surface area (Å²) in [4.78, 5) is 11.7. The van der Waals surface area contributed by atoms with Gasteiger partial charge < -0.3 is 14.5 Å². The van der Waals surface area contributed by atoms with Gasteiger partial charge in [0, 0.05) is 0 Å². The summed E-state index contributed by atoms with van der Waals surface area (Å²) in [6.45, 7) is -2.95. The van der Waals surface area contributed by atoms with Crippen LogP contribution < -0.4 is 10.1 Å². The summed E-state index contributed by atoms with van der Waals surface area (Å²) < 4.78 is 33.5. The van der Waals surface area contributed by atoms with Gasteiger partial charge in [0.1, 0.15) is 5.75 Å². The lowest BCUT2D eigenvalue weighted by Gasteiger charge is -2.10. The number of rotatable bonds is 4. The molecule has 0 bridgehead atoms. The maximum Gasteiger partial charge on any atom is 0.387 e. The highest BCUT2D eigenvalue weighted by Crippen LogP contribution is 2.25. The van der Waals surface area contributed by atoms with Gasteiger partial charge in [0.2, 0.25) is 0 Å². The van der Waals surface area contributed by atoms with Crippen molar-refractivity contribution < 1.29 is 22.7 Å². The van der Waals surface area contributed by atoms with Crippen LogP contribution in [0.4, 0.5) is 14.5 Å². The second kappa shape index (κ2) is 5.31. The van der Waals surface area contributed by atoms with E-state index in [0.717, 1.165) is 0 Å². The molecule has 0 aliphatic carbocycles. The molecule has 0 aliphatic rings. The van der Waals surface area contributed by atoms with Crippen molar-refractivity contribution in [2.75, 3.05) is 5.32 Å². The third kappa shape index (κ3) is 2.85. The summed E-state index contributed by atoms with van der Waals surface area (Å²) in [5.74, 6) is -0.556. The van der Waals surface area contributed by atoms with E-state index in [0.29, 0.717) is 0 Å². The van der Waals surface area contributed by atoms with Gasteiger partial charge in [-0.2, -0.15) is 8.78 Å². The zero-order valence-electron chi connectivity index (χ0n) is 9.10. The molecule has 1 N–H and O–H groups in total. The first kappa shape index (κ1) is 12.1. The lowest BCUT2D eigenvalue weighted by Crippen LogP contribution is -2.13. The van der Waals surface area contributed by atoms with Crippen molar-refractivity contribution in [3.05, 3.63) is 48.4 Å². The molecule has 1 aromatic carbocycles. The molecular formula is C12H9F2NO3. The monoisotopic (exact) mass is 253 g/mol. The fourth-order valence-electron chi connectivity index (χ4n) is 1.36. The Morgan fingerprint density at radius 3 is 2.67 bits per heavy atom. The van der Waals surface area contributed by atoms with Crippen LogP contribution in [0.3, 0.4) is 0 Å². The van der Waals surface area contributed by atoms with E-state index in [1.807, 2.05) is 0 Å². The van der Waals surface area contributed by atoms with E-state index < -0.39 is 12.5 Å². The van der Waals surface area contributed by atoms with Gasteiger partial charge in [-0.05, 0) is 24.3 Å². The second-order valence-electron chi connectivity index (χ2n) is 3.31. The van der Waals surface area contributed by atoms with Crippen molar-refractivity contribution in [3.8, 4) is 5.75 Å². The molecule has 0 aliphatic heterocycles. The molecule has 18 heavy (non-hydrogen) atoms. The van der Waals surface area contributed by atoms with Crippen LogP contribution in [0.15, 0.2) is 47.1 Å². The summed E-state index contributed by atoms with van der Waals surface area (Å²) in [5, 5.41) is 2.43. The number of carbonyl (C=O) groups is 1. The minimum absolute atomic E-state index is 0.0850. The maximum atomic E-state index is 12.2. The smallest absolute Gasteiger partial charge is 0.387 e. The van der Waals surface area contributed by atoms with Crippen molar-refractivity contribution in [2.45, 2.75) is 6.61 Å². The summed E-state index contributed by atoms with van der Waals surface area (Å²) in [5.41, 5.74) is 0.152. The molecule has 0 unspecified atom stereocenters. The SMILES string of the molecule is O=C(Nc1ccccc1OC(F)F)c1ccco1. The molecule has 0 saturated carbocycles. The lowest BCUT2D eigenvalue weighted by molar-refractivity contribution is -0.0493. The van der Waals surface area contributed by atoms with Gasteiger partial charge in [0.25, 0.3) is 5.91 Å². The largest absolute Gasteiger partial charge is 0.459 e. The Kier molecular flexibility index (Phi) is 3.57. The Labute approximate surface area is 101 Å². The molecule has 0 radical (unpaired) electrons. The fraction of sp³-hybridized carbons (Fsp3) is 0.0833. The number of alkyl halides is 2. The van der Waals surface area contributed by atoms with E-state index in [1.165, 1.54) is 30.5 Å². The number of halogens is 2. The zero-order valence-corrected chi connectivity index (χ0v) is 9.10. The summed E-state index contributed by atoms with van der Waals surface area (Å²) >= 11 is 0. The molecule has 1 aromatic heterocycles. The Balaban J connectivity index is 2.16. The molecule has 0 spiro atoms. The van der Waals surface area contributed by atoms with Crippen LogP contribution in [0, 0.1) is 0 Å². The van der Waals surface area contributed by atoms with Crippen LogP contribution in [0.25, 0.3) is 0 Å². The van der Waals surface area contributed by atoms with Gasteiger partial charge in [-0.15, -0.1) is 0 Å². The highest BCUT2D eigenvalue weighted by molar-refractivity contribution is 6.03. The first-order valence-corrected chi connectivity index (χ1v) is 5.05. The molecule has 1 heterocycles. The van der Waals surface area contributed by atoms with Crippen molar-refractivity contribution >= 4 is 11.6 Å². The van der Waals surface area contributed by atoms with E-state index in [-0.39, 0.29) is 17.2 Å². The normalized spacial score (nSPS) is 10.4. The minimum Gasteiger partial charge on any atom is -0.459 e. The Morgan fingerprint density at radius 1 is 1.22 bits per heavy atom. The standard InChI is InChI=1S/C12H9F2NO3/c13-12(14)18-9-5-2-1-4-8(9)15-11(16)10-6-3-7-17-10/h1-7,12H,(H,15,16). The lowest BCUT2D eigenvalue weighted by atomic mass is 10.3. The van der Waals surface area contributed by atoms with E-state index in [1.54, 1.807) is 12.1 Å². The molecule has 2 aromatic rings. The molecule has 0 atom stereocenters. The number of benzene rings is 1. The van der Waals surface area contributed by atoms with Gasteiger partial charge in [0.05, 0.1) is 12.0 Å². The van der Waals surface area contributed by atoms with E-state index in [4.69, 9.17) is 4.42 Å². The van der Waals surface area contributed by atoms with Crippen LogP contribution in [-0.4, -0.2) is 12.5 Å². The van der Waals surface area contributed by atoms with Crippen molar-refractivity contribution in [2.24, 2.45) is 0 Å². The van der Waals surface area contributed by atoms with Gasteiger partial charge in [-0.25, -0.2) is 0 Å². The average molecular weight is 253 g/mol. The molecule has 4 nitrogen and oxygen atoms in total. The predicted molar refractivity (Wildman–Crippen MR) is 59.7 cm³/mol. The van der Waals surface area contributed by atoms with Crippen molar-refractivity contribution in [3.63, 3.8) is 0 Å². The molecule has 1 amide bonds. The minimum atomic E-state index is -2.95. The molecular weight excluding hydrogens is 244 g/mol. The van der Waals surface area contributed by atoms with Crippen LogP contribution in [0.5, 0.6) is 5.75 Å². The van der Waals surface area contributed by atoms with E-state index >= 15 is 0 Å². The zero-order chi connectivity index (χ0) is 13.0. The van der Waals surface area contributed by atoms with E-state index in [2.05, 4.69) is 10.1 Å². The first-order valence-electron chi connectivity index (χ1n) is 5.05. The van der Waals surface area contributed by atoms with Gasteiger partial charge >= 0.3 is 6.61 Å². The number of carbonyl (C=O) groups excluding carboxylic acids is 1. The first-order chi connectivity index (χ1) is 8.66. The third-order valence-corrected chi connectivity index (χ3v) is 2.10. The van der Waals surface area contributed by atoms with Crippen LogP contribution in [-0.2, 0) is 0 Å². The number of anilines is 1. The van der Waals surface area contributed by atoms with Crippen molar-refractivity contribution in [1.29, 1.82) is 0 Å². The predicted octanol–water partition coefficient (Wildman–Crippen LogP) is 3.13. The summed E-state index contributed by atoms with van der Waals surface area (Å²) in [6, 6.07) is 8.93. The fourth-order valence-corrected chi connectivity index (χ4v) is 1.36. The quantitative estimate of drug-likeness (QED) is 0.910. The van der Waals surface area contributed by atoms with Crippen LogP contribution in [0.2, 0.25) is 0 Å². The number of amides is 1. The Bertz CT molecular complexity index is 526. The topological polar surface area (TPSA) is 51.5 Å². The maximum absolute atomic E-state index is 12.2. The van der Waals surface area contributed by atoms with Gasteiger partial charge in [0.15, 0.2) is 5.76 Å². The molecule has 0 saturated heterocycles.